The molecule has 0 unspecified atom stereocenters. The van der Waals surface area contributed by atoms with Crippen molar-refractivity contribution in [3.63, 3.8) is 0 Å². The summed E-state index contributed by atoms with van der Waals surface area (Å²) in [4.78, 5) is 10.8. The van der Waals surface area contributed by atoms with Gasteiger partial charge < -0.3 is 9.63 Å². The van der Waals surface area contributed by atoms with E-state index in [0.717, 1.165) is 11.1 Å². The van der Waals surface area contributed by atoms with Crippen molar-refractivity contribution in [3.8, 4) is 22.6 Å². The quantitative estimate of drug-likeness (QED) is 0.731. The van der Waals surface area contributed by atoms with Gasteiger partial charge in [0, 0.05) is 27.2 Å². The van der Waals surface area contributed by atoms with Crippen LogP contribution in [0.4, 0.5) is 0 Å². The van der Waals surface area contributed by atoms with Gasteiger partial charge in [-0.3, -0.25) is 0 Å². The van der Waals surface area contributed by atoms with Crippen molar-refractivity contribution in [1.29, 1.82) is 0 Å². The minimum Gasteiger partial charge on any atom is -0.478 e. The van der Waals surface area contributed by atoms with Gasteiger partial charge in [0.1, 0.15) is 5.69 Å². The first-order valence-corrected chi connectivity index (χ1v) is 7.05. The Kier molecular flexibility index (Phi) is 3.88. The predicted molar refractivity (Wildman–Crippen MR) is 84.4 cm³/mol. The van der Waals surface area contributed by atoms with Gasteiger partial charge in [-0.1, -0.05) is 40.5 Å². The van der Waals surface area contributed by atoms with Crippen LogP contribution < -0.4 is 0 Å². The summed E-state index contributed by atoms with van der Waals surface area (Å²) in [6.45, 7) is 0. The molecule has 0 bridgehead atoms. The van der Waals surface area contributed by atoms with Gasteiger partial charge in [-0.2, -0.15) is 0 Å². The Bertz CT molecular complexity index is 821. The van der Waals surface area contributed by atoms with Gasteiger partial charge in [0.05, 0.1) is 5.56 Å². The fraction of sp³-hybridized carbons (Fsp3) is 0. The molecule has 0 atom stereocenters. The van der Waals surface area contributed by atoms with Crippen molar-refractivity contribution in [3.05, 3.63) is 64.1 Å². The highest BCUT2D eigenvalue weighted by Gasteiger charge is 2.11. The van der Waals surface area contributed by atoms with E-state index in [1.165, 1.54) is 12.1 Å². The Morgan fingerprint density at radius 1 is 0.955 bits per heavy atom. The SMILES string of the molecule is O=C(O)c1ccc(-c2cc(-c3cc(Cl)cc(Cl)c3)on2)cc1. The lowest BCUT2D eigenvalue weighted by Gasteiger charge is -1.98. The number of rotatable bonds is 3. The van der Waals surface area contributed by atoms with E-state index in [4.69, 9.17) is 32.8 Å². The fourth-order valence-corrected chi connectivity index (χ4v) is 2.55. The van der Waals surface area contributed by atoms with Gasteiger partial charge in [0.15, 0.2) is 5.76 Å². The second-order valence-corrected chi connectivity index (χ2v) is 5.49. The van der Waals surface area contributed by atoms with E-state index in [1.807, 2.05) is 0 Å². The molecule has 110 valence electrons. The zero-order chi connectivity index (χ0) is 15.7. The summed E-state index contributed by atoms with van der Waals surface area (Å²) in [5.41, 5.74) is 2.30. The molecule has 0 aliphatic heterocycles. The standard InChI is InChI=1S/C16H9Cl2NO3/c17-12-5-11(6-13(18)7-12)15-8-14(19-22-15)9-1-3-10(4-2-9)16(20)21/h1-8H,(H,20,21). The second-order valence-electron chi connectivity index (χ2n) is 4.62. The second kappa shape index (κ2) is 5.83. The molecule has 22 heavy (non-hydrogen) atoms. The van der Waals surface area contributed by atoms with Crippen molar-refractivity contribution in [2.24, 2.45) is 0 Å². The first-order chi connectivity index (χ1) is 10.5. The summed E-state index contributed by atoms with van der Waals surface area (Å²) < 4.78 is 5.31. The van der Waals surface area contributed by atoms with Gasteiger partial charge >= 0.3 is 5.97 Å². The molecule has 0 aliphatic carbocycles. The summed E-state index contributed by atoms with van der Waals surface area (Å²) in [6, 6.07) is 13.2. The maximum Gasteiger partial charge on any atom is 0.335 e. The molecule has 0 fully saturated rings. The Hall–Kier alpha value is -2.30. The van der Waals surface area contributed by atoms with Crippen molar-refractivity contribution >= 4 is 29.2 Å². The highest BCUT2D eigenvalue weighted by Crippen LogP contribution is 2.30. The zero-order valence-corrected chi connectivity index (χ0v) is 12.6. The molecular weight excluding hydrogens is 325 g/mol. The zero-order valence-electron chi connectivity index (χ0n) is 11.1. The molecule has 6 heteroatoms. The fourth-order valence-electron chi connectivity index (χ4n) is 2.03. The van der Waals surface area contributed by atoms with Crippen LogP contribution in [-0.4, -0.2) is 16.2 Å². The van der Waals surface area contributed by atoms with E-state index in [-0.39, 0.29) is 5.56 Å². The normalized spacial score (nSPS) is 10.6. The Morgan fingerprint density at radius 3 is 2.18 bits per heavy atom. The van der Waals surface area contributed by atoms with Gasteiger partial charge in [-0.05, 0) is 30.3 Å². The van der Waals surface area contributed by atoms with Crippen LogP contribution in [0.3, 0.4) is 0 Å². The van der Waals surface area contributed by atoms with Crippen LogP contribution in [0.2, 0.25) is 10.0 Å². The van der Waals surface area contributed by atoms with Crippen LogP contribution in [0.25, 0.3) is 22.6 Å². The summed E-state index contributed by atoms with van der Waals surface area (Å²) >= 11 is 11.9. The molecule has 0 spiro atoms. The topological polar surface area (TPSA) is 63.3 Å². The summed E-state index contributed by atoms with van der Waals surface area (Å²) in [7, 11) is 0. The minimum atomic E-state index is -0.971. The maximum atomic E-state index is 10.8. The maximum absolute atomic E-state index is 10.8. The molecule has 0 saturated heterocycles. The van der Waals surface area contributed by atoms with Gasteiger partial charge in [0.25, 0.3) is 0 Å². The molecule has 3 aromatic rings. The minimum absolute atomic E-state index is 0.217. The summed E-state index contributed by atoms with van der Waals surface area (Å²) in [5.74, 6) is -0.442. The molecule has 0 amide bonds. The molecule has 0 radical (unpaired) electrons. The molecule has 3 rings (SSSR count). The molecule has 1 aromatic heterocycles. The van der Waals surface area contributed by atoms with Crippen LogP contribution in [0, 0.1) is 0 Å². The predicted octanol–water partition coefficient (Wildman–Crippen LogP) is 5.01. The van der Waals surface area contributed by atoms with Crippen LogP contribution in [0.5, 0.6) is 0 Å². The van der Waals surface area contributed by atoms with E-state index in [2.05, 4.69) is 5.16 Å². The summed E-state index contributed by atoms with van der Waals surface area (Å²) in [5, 5.41) is 13.9. The lowest BCUT2D eigenvalue weighted by Crippen LogP contribution is -1.94. The van der Waals surface area contributed by atoms with Crippen LogP contribution in [-0.2, 0) is 0 Å². The van der Waals surface area contributed by atoms with Crippen molar-refractivity contribution in [1.82, 2.24) is 5.16 Å². The molecule has 2 aromatic carbocycles. The first-order valence-electron chi connectivity index (χ1n) is 6.30. The third kappa shape index (κ3) is 2.98. The highest BCUT2D eigenvalue weighted by molar-refractivity contribution is 6.35. The number of aromatic carboxylic acids is 1. The van der Waals surface area contributed by atoms with E-state index in [0.29, 0.717) is 21.5 Å². The number of carboxylic acid groups (broad SMARTS) is 1. The van der Waals surface area contributed by atoms with Gasteiger partial charge in [0.2, 0.25) is 0 Å². The van der Waals surface area contributed by atoms with E-state index in [1.54, 1.807) is 36.4 Å². The molecule has 4 nitrogen and oxygen atoms in total. The molecule has 0 saturated carbocycles. The lowest BCUT2D eigenvalue weighted by atomic mass is 10.1. The summed E-state index contributed by atoms with van der Waals surface area (Å²) in [6.07, 6.45) is 0. The number of carbonyl (C=O) groups is 1. The third-order valence-corrected chi connectivity index (χ3v) is 3.52. The van der Waals surface area contributed by atoms with Crippen LogP contribution in [0.1, 0.15) is 10.4 Å². The van der Waals surface area contributed by atoms with E-state index in [9.17, 15) is 4.79 Å². The van der Waals surface area contributed by atoms with Crippen LogP contribution in [0.15, 0.2) is 53.1 Å². The van der Waals surface area contributed by atoms with Gasteiger partial charge in [-0.25, -0.2) is 4.79 Å². The number of carboxylic acids is 1. The first kappa shape index (κ1) is 14.6. The van der Waals surface area contributed by atoms with E-state index < -0.39 is 5.97 Å². The van der Waals surface area contributed by atoms with Crippen LogP contribution >= 0.6 is 23.2 Å². The Balaban J connectivity index is 1.94. The number of benzene rings is 2. The highest BCUT2D eigenvalue weighted by atomic mass is 35.5. The average Bonchev–Trinajstić information content (AvgIpc) is 2.96. The molecular formula is C16H9Cl2NO3. The Labute approximate surface area is 135 Å². The van der Waals surface area contributed by atoms with Gasteiger partial charge in [-0.15, -0.1) is 0 Å². The number of hydrogen-bond donors (Lipinski definition) is 1. The van der Waals surface area contributed by atoms with E-state index >= 15 is 0 Å². The number of halogens is 2. The molecule has 0 aliphatic rings. The smallest absolute Gasteiger partial charge is 0.335 e. The number of hydrogen-bond acceptors (Lipinski definition) is 3. The molecule has 1 heterocycles. The lowest BCUT2D eigenvalue weighted by molar-refractivity contribution is 0.0697. The third-order valence-electron chi connectivity index (χ3n) is 3.08. The van der Waals surface area contributed by atoms with Crippen molar-refractivity contribution in [2.75, 3.05) is 0 Å². The monoisotopic (exact) mass is 333 g/mol. The van der Waals surface area contributed by atoms with Crippen molar-refractivity contribution in [2.45, 2.75) is 0 Å². The number of aromatic nitrogens is 1. The average molecular weight is 334 g/mol. The van der Waals surface area contributed by atoms with Crippen molar-refractivity contribution < 1.29 is 14.4 Å². The largest absolute Gasteiger partial charge is 0.478 e. The Morgan fingerprint density at radius 2 is 1.59 bits per heavy atom. The number of nitrogens with zero attached hydrogens (tertiary/aromatic N) is 1. The molecule has 1 N–H and O–H groups in total.